The lowest BCUT2D eigenvalue weighted by Gasteiger charge is -2.05. The van der Waals surface area contributed by atoms with Gasteiger partial charge in [-0.15, -0.1) is 0 Å². The van der Waals surface area contributed by atoms with Gasteiger partial charge in [0.15, 0.2) is 0 Å². The molecular formula is C10H16N2O2. The fraction of sp³-hybridized carbons (Fsp3) is 0.600. The molecule has 0 aliphatic carbocycles. The smallest absolute Gasteiger partial charge is 0.254 e. The molecule has 0 radical (unpaired) electrons. The number of hydrogen-bond acceptors (Lipinski definition) is 3. The molecule has 0 aliphatic rings. The van der Waals surface area contributed by atoms with Gasteiger partial charge < -0.3 is 9.72 Å². The number of nitrogens with zero attached hydrogens (tertiary/aromatic N) is 1. The molecule has 0 bridgehead atoms. The lowest BCUT2D eigenvalue weighted by atomic mass is 10.2. The van der Waals surface area contributed by atoms with E-state index >= 15 is 0 Å². The number of hydrogen-bond donors (Lipinski definition) is 1. The third kappa shape index (κ3) is 2.42. The minimum atomic E-state index is -0.0466. The Morgan fingerprint density at radius 2 is 2.14 bits per heavy atom. The molecule has 0 aliphatic heterocycles. The average molecular weight is 196 g/mol. The fourth-order valence-corrected chi connectivity index (χ4v) is 1.35. The monoisotopic (exact) mass is 196 g/mol. The molecule has 4 nitrogen and oxygen atoms in total. The molecule has 0 spiro atoms. The van der Waals surface area contributed by atoms with Gasteiger partial charge in [0.25, 0.3) is 5.56 Å². The molecule has 14 heavy (non-hydrogen) atoms. The highest BCUT2D eigenvalue weighted by molar-refractivity contribution is 5.15. The Bertz CT molecular complexity index is 358. The van der Waals surface area contributed by atoms with Gasteiger partial charge in [-0.05, 0) is 20.3 Å². The van der Waals surface area contributed by atoms with E-state index in [-0.39, 0.29) is 5.56 Å². The highest BCUT2D eigenvalue weighted by atomic mass is 16.5. The summed E-state index contributed by atoms with van der Waals surface area (Å²) in [6.07, 6.45) is 0.711. The van der Waals surface area contributed by atoms with Crippen molar-refractivity contribution in [2.24, 2.45) is 0 Å². The zero-order chi connectivity index (χ0) is 10.6. The molecule has 1 heterocycles. The standard InChI is InChI=1S/C10H16N2O2/c1-4-8-7(3)11-9(6-14-5-2)12-10(8)13/h4-6H2,1-3H3,(H,11,12,13). The Morgan fingerprint density at radius 1 is 1.43 bits per heavy atom. The molecule has 0 fully saturated rings. The third-order valence-corrected chi connectivity index (χ3v) is 2.07. The zero-order valence-corrected chi connectivity index (χ0v) is 8.89. The third-order valence-electron chi connectivity index (χ3n) is 2.07. The molecular weight excluding hydrogens is 180 g/mol. The number of rotatable bonds is 4. The maximum Gasteiger partial charge on any atom is 0.254 e. The maximum atomic E-state index is 11.5. The normalized spacial score (nSPS) is 10.5. The molecule has 1 aromatic heterocycles. The number of aromatic nitrogens is 2. The second kappa shape index (κ2) is 4.91. The second-order valence-corrected chi connectivity index (χ2v) is 3.07. The SMILES string of the molecule is CCOCc1nc(C)c(CC)c(=O)[nH]1. The van der Waals surface area contributed by atoms with Crippen molar-refractivity contribution < 1.29 is 4.74 Å². The fourth-order valence-electron chi connectivity index (χ4n) is 1.35. The van der Waals surface area contributed by atoms with E-state index in [1.54, 1.807) is 0 Å². The Hall–Kier alpha value is -1.16. The van der Waals surface area contributed by atoms with Gasteiger partial charge in [0.2, 0.25) is 0 Å². The van der Waals surface area contributed by atoms with E-state index in [0.29, 0.717) is 25.5 Å². The molecule has 1 aromatic rings. The van der Waals surface area contributed by atoms with E-state index in [2.05, 4.69) is 9.97 Å². The van der Waals surface area contributed by atoms with Gasteiger partial charge in [0.05, 0.1) is 0 Å². The number of nitrogens with one attached hydrogen (secondary N) is 1. The molecule has 0 saturated heterocycles. The van der Waals surface area contributed by atoms with Gasteiger partial charge in [-0.1, -0.05) is 6.92 Å². The molecule has 1 N–H and O–H groups in total. The highest BCUT2D eigenvalue weighted by Gasteiger charge is 2.05. The first-order chi connectivity index (χ1) is 6.69. The Kier molecular flexibility index (Phi) is 3.83. The van der Waals surface area contributed by atoms with E-state index in [9.17, 15) is 4.79 Å². The maximum absolute atomic E-state index is 11.5. The first kappa shape index (κ1) is 10.9. The Morgan fingerprint density at radius 3 is 2.64 bits per heavy atom. The van der Waals surface area contributed by atoms with Crippen molar-refractivity contribution in [2.45, 2.75) is 33.8 Å². The molecule has 78 valence electrons. The zero-order valence-electron chi connectivity index (χ0n) is 8.89. The first-order valence-corrected chi connectivity index (χ1v) is 4.85. The van der Waals surface area contributed by atoms with Crippen molar-refractivity contribution in [2.75, 3.05) is 6.61 Å². The van der Waals surface area contributed by atoms with Crippen LogP contribution < -0.4 is 5.56 Å². The molecule has 0 unspecified atom stereocenters. The van der Waals surface area contributed by atoms with E-state index in [1.807, 2.05) is 20.8 Å². The molecule has 0 aromatic carbocycles. The van der Waals surface area contributed by atoms with Gasteiger partial charge in [0.1, 0.15) is 12.4 Å². The van der Waals surface area contributed by atoms with Crippen LogP contribution in [0, 0.1) is 6.92 Å². The van der Waals surface area contributed by atoms with Crippen LogP contribution in [0.25, 0.3) is 0 Å². The van der Waals surface area contributed by atoms with E-state index < -0.39 is 0 Å². The largest absolute Gasteiger partial charge is 0.374 e. The predicted molar refractivity (Wildman–Crippen MR) is 54.3 cm³/mol. The van der Waals surface area contributed by atoms with E-state index in [4.69, 9.17) is 4.74 Å². The van der Waals surface area contributed by atoms with Gasteiger partial charge in [-0.3, -0.25) is 4.79 Å². The van der Waals surface area contributed by atoms with Crippen molar-refractivity contribution in [1.82, 2.24) is 9.97 Å². The summed E-state index contributed by atoms with van der Waals surface area (Å²) >= 11 is 0. The second-order valence-electron chi connectivity index (χ2n) is 3.07. The summed E-state index contributed by atoms with van der Waals surface area (Å²) in [5.74, 6) is 0.603. The molecule has 0 saturated carbocycles. The summed E-state index contributed by atoms with van der Waals surface area (Å²) in [6.45, 7) is 6.70. The number of H-pyrrole nitrogens is 1. The first-order valence-electron chi connectivity index (χ1n) is 4.85. The van der Waals surface area contributed by atoms with Crippen LogP contribution in [0.2, 0.25) is 0 Å². The lowest BCUT2D eigenvalue weighted by molar-refractivity contribution is 0.128. The van der Waals surface area contributed by atoms with Crippen molar-refractivity contribution >= 4 is 0 Å². The average Bonchev–Trinajstić information content (AvgIpc) is 2.14. The van der Waals surface area contributed by atoms with E-state index in [1.165, 1.54) is 0 Å². The van der Waals surface area contributed by atoms with Crippen molar-refractivity contribution in [3.05, 3.63) is 27.4 Å². The van der Waals surface area contributed by atoms with Crippen LogP contribution >= 0.6 is 0 Å². The van der Waals surface area contributed by atoms with Gasteiger partial charge in [-0.2, -0.15) is 0 Å². The highest BCUT2D eigenvalue weighted by Crippen LogP contribution is 2.00. The van der Waals surface area contributed by atoms with Crippen molar-refractivity contribution in [3.8, 4) is 0 Å². The predicted octanol–water partition coefficient (Wildman–Crippen LogP) is 1.18. The van der Waals surface area contributed by atoms with Gasteiger partial charge >= 0.3 is 0 Å². The van der Waals surface area contributed by atoms with Crippen LogP contribution in [0.1, 0.15) is 30.9 Å². The summed E-state index contributed by atoms with van der Waals surface area (Å²) in [5.41, 5.74) is 1.51. The topological polar surface area (TPSA) is 55.0 Å². The quantitative estimate of drug-likeness (QED) is 0.786. The van der Waals surface area contributed by atoms with Crippen molar-refractivity contribution in [3.63, 3.8) is 0 Å². The molecule has 0 amide bonds. The van der Waals surface area contributed by atoms with E-state index in [0.717, 1.165) is 11.3 Å². The van der Waals surface area contributed by atoms with Crippen molar-refractivity contribution in [1.29, 1.82) is 0 Å². The summed E-state index contributed by atoms with van der Waals surface area (Å²) in [7, 11) is 0. The number of ether oxygens (including phenoxy) is 1. The van der Waals surface area contributed by atoms with Crippen LogP contribution in [0.3, 0.4) is 0 Å². The lowest BCUT2D eigenvalue weighted by Crippen LogP contribution is -2.18. The number of aromatic amines is 1. The summed E-state index contributed by atoms with van der Waals surface area (Å²) < 4.78 is 5.17. The Balaban J connectivity index is 2.96. The Labute approximate surface area is 83.3 Å². The molecule has 1 rings (SSSR count). The van der Waals surface area contributed by atoms with Gasteiger partial charge in [0, 0.05) is 17.9 Å². The van der Waals surface area contributed by atoms with Crippen LogP contribution in [0.4, 0.5) is 0 Å². The minimum Gasteiger partial charge on any atom is -0.374 e. The number of aryl methyl sites for hydroxylation is 1. The van der Waals surface area contributed by atoms with Gasteiger partial charge in [-0.25, -0.2) is 4.98 Å². The summed E-state index contributed by atoms with van der Waals surface area (Å²) in [6, 6.07) is 0. The summed E-state index contributed by atoms with van der Waals surface area (Å²) in [4.78, 5) is 18.5. The molecule has 0 atom stereocenters. The minimum absolute atomic E-state index is 0.0466. The van der Waals surface area contributed by atoms with Crippen LogP contribution in [-0.4, -0.2) is 16.6 Å². The molecule has 4 heteroatoms. The van der Waals surface area contributed by atoms with Crippen LogP contribution in [0.5, 0.6) is 0 Å². The summed E-state index contributed by atoms with van der Waals surface area (Å²) in [5, 5.41) is 0. The van der Waals surface area contributed by atoms with Crippen LogP contribution in [0.15, 0.2) is 4.79 Å². The van der Waals surface area contributed by atoms with Crippen LogP contribution in [-0.2, 0) is 17.8 Å².